The maximum atomic E-state index is 13.5. The molecule has 16 nitrogen and oxygen atoms in total. The fourth-order valence-electron chi connectivity index (χ4n) is 5.81. The monoisotopic (exact) mass is 839 g/mol. The molecule has 1 aromatic heterocycles. The van der Waals surface area contributed by atoms with Crippen LogP contribution >= 0.6 is 0 Å². The van der Waals surface area contributed by atoms with Gasteiger partial charge in [-0.3, -0.25) is 4.79 Å². The van der Waals surface area contributed by atoms with Crippen molar-refractivity contribution in [1.82, 2.24) is 20.0 Å². The summed E-state index contributed by atoms with van der Waals surface area (Å²) in [6.07, 6.45) is 7.23. The van der Waals surface area contributed by atoms with Gasteiger partial charge in [0.05, 0.1) is 51.5 Å². The molecule has 1 heterocycles. The van der Waals surface area contributed by atoms with E-state index in [1.54, 1.807) is 49.6 Å². The molecule has 0 saturated heterocycles. The van der Waals surface area contributed by atoms with Gasteiger partial charge < -0.3 is 45.0 Å². The van der Waals surface area contributed by atoms with E-state index in [0.29, 0.717) is 77.6 Å². The van der Waals surface area contributed by atoms with Crippen molar-refractivity contribution in [2.24, 2.45) is 0 Å². The number of nitrogens with one attached hydrogen (secondary N) is 5. The molecule has 0 saturated carbocycles. The first-order valence-electron chi connectivity index (χ1n) is 18.8. The van der Waals surface area contributed by atoms with Crippen LogP contribution in [0.4, 0.5) is 27.8 Å². The van der Waals surface area contributed by atoms with Crippen molar-refractivity contribution in [3.63, 3.8) is 0 Å². The number of hydrogen-bond donors (Lipinski definition) is 5. The van der Waals surface area contributed by atoms with E-state index in [-0.39, 0.29) is 40.6 Å². The molecule has 5 aromatic rings. The van der Waals surface area contributed by atoms with Crippen LogP contribution < -0.4 is 35.5 Å². The first-order chi connectivity index (χ1) is 28.8. The average molecular weight is 840 g/mol. The summed E-state index contributed by atoms with van der Waals surface area (Å²) >= 11 is 0. The summed E-state index contributed by atoms with van der Waals surface area (Å²) in [5, 5.41) is 12.9. The summed E-state index contributed by atoms with van der Waals surface area (Å²) < 4.78 is 55.8. The second-order valence-corrected chi connectivity index (χ2v) is 16.0. The molecule has 0 radical (unpaired) electrons. The van der Waals surface area contributed by atoms with Crippen LogP contribution in [0.2, 0.25) is 0 Å². The molecule has 0 unspecified atom stereocenters. The molecule has 0 bridgehead atoms. The van der Waals surface area contributed by atoms with Gasteiger partial charge >= 0.3 is 6.03 Å². The standard InChI is InChI=1S/C43H49N7O9S/c1-8-28-23-29(40(51)45-17-18-57-21-22-58-20-19-55-6)25-31(24-28)47-41-46-16-15-38(50-41)59-36-14-13-34(32-11-9-10-12-33(32)36)48-42(52)49-35-26-30(43(2,3)4)27-37(39(35)56-7)60(53,54)44-5/h1,9-16,23-27,44H,17-22H2,2-7H3,(H,45,51)(H,46,47,50)(H2,48,49,52). The quantitative estimate of drug-likeness (QED) is 0.0453. The number of fused-ring (bicyclic) bond motifs is 1. The molecule has 0 fully saturated rings. The molecule has 0 spiro atoms. The van der Waals surface area contributed by atoms with E-state index in [1.807, 2.05) is 45.0 Å². The Labute approximate surface area is 349 Å². The normalized spacial score (nSPS) is 11.4. The number of ether oxygens (including phenoxy) is 5. The molecule has 5 rings (SSSR count). The SMILES string of the molecule is C#Cc1cc(Nc2nccc(Oc3ccc(NC(=O)Nc4cc(C(C)(C)C)cc(S(=O)(=O)NC)c4OC)c4ccccc34)n2)cc(C(=O)NCCOCCOCCOC)c1. The number of nitrogens with zero attached hydrogens (tertiary/aromatic N) is 2. The lowest BCUT2D eigenvalue weighted by molar-refractivity contribution is 0.0255. The Hall–Kier alpha value is -6.29. The second-order valence-electron chi connectivity index (χ2n) is 14.1. The molecule has 17 heteroatoms. The average Bonchev–Trinajstić information content (AvgIpc) is 3.23. The summed E-state index contributed by atoms with van der Waals surface area (Å²) in [4.78, 5) is 35.2. The van der Waals surface area contributed by atoms with Gasteiger partial charge in [0, 0.05) is 53.5 Å². The number of anilines is 4. The van der Waals surface area contributed by atoms with Gasteiger partial charge in [-0.2, -0.15) is 4.98 Å². The summed E-state index contributed by atoms with van der Waals surface area (Å²) in [5.74, 6) is 3.07. The first kappa shape index (κ1) is 44.8. The van der Waals surface area contributed by atoms with Gasteiger partial charge in [0.25, 0.3) is 5.91 Å². The van der Waals surface area contributed by atoms with Gasteiger partial charge in [-0.25, -0.2) is 22.9 Å². The Morgan fingerprint density at radius 3 is 2.27 bits per heavy atom. The molecule has 5 N–H and O–H groups in total. The third kappa shape index (κ3) is 11.9. The Morgan fingerprint density at radius 2 is 1.57 bits per heavy atom. The Bertz CT molecular complexity index is 2470. The minimum absolute atomic E-state index is 0.0109. The van der Waals surface area contributed by atoms with Crippen molar-refractivity contribution in [3.05, 3.63) is 95.7 Å². The molecular formula is C43H49N7O9S. The summed E-state index contributed by atoms with van der Waals surface area (Å²) in [6.45, 7) is 8.21. The molecule has 60 heavy (non-hydrogen) atoms. The van der Waals surface area contributed by atoms with Gasteiger partial charge in [-0.15, -0.1) is 6.42 Å². The molecule has 4 aromatic carbocycles. The van der Waals surface area contributed by atoms with E-state index < -0.39 is 21.5 Å². The minimum atomic E-state index is -3.94. The highest BCUT2D eigenvalue weighted by Crippen LogP contribution is 2.39. The number of hydrogen-bond acceptors (Lipinski definition) is 12. The number of carbonyl (C=O) groups is 2. The predicted octanol–water partition coefficient (Wildman–Crippen LogP) is 6.41. The van der Waals surface area contributed by atoms with Gasteiger partial charge in [-0.1, -0.05) is 51.0 Å². The summed E-state index contributed by atoms with van der Waals surface area (Å²) in [6, 6.07) is 19.8. The van der Waals surface area contributed by atoms with Gasteiger partial charge in [0.2, 0.25) is 21.9 Å². The Morgan fingerprint density at radius 1 is 0.850 bits per heavy atom. The summed E-state index contributed by atoms with van der Waals surface area (Å²) in [5.41, 5.74) is 2.15. The van der Waals surface area contributed by atoms with Crippen LogP contribution in [0.3, 0.4) is 0 Å². The van der Waals surface area contributed by atoms with Crippen LogP contribution in [0.15, 0.2) is 83.9 Å². The van der Waals surface area contributed by atoms with Crippen molar-refractivity contribution in [1.29, 1.82) is 0 Å². The largest absolute Gasteiger partial charge is 0.493 e. The van der Waals surface area contributed by atoms with Crippen molar-refractivity contribution < 1.29 is 41.7 Å². The Kier molecular flexibility index (Phi) is 15.4. The number of benzene rings is 4. The number of aromatic nitrogens is 2. The van der Waals surface area contributed by atoms with E-state index in [4.69, 9.17) is 30.1 Å². The third-order valence-electron chi connectivity index (χ3n) is 8.86. The van der Waals surface area contributed by atoms with Gasteiger partial charge in [0.1, 0.15) is 10.6 Å². The van der Waals surface area contributed by atoms with Crippen LogP contribution in [0, 0.1) is 12.3 Å². The highest BCUT2D eigenvalue weighted by Gasteiger charge is 2.27. The summed E-state index contributed by atoms with van der Waals surface area (Å²) in [7, 11) is 0.312. The zero-order chi connectivity index (χ0) is 43.3. The fourth-order valence-corrected chi connectivity index (χ4v) is 6.75. The lowest BCUT2D eigenvalue weighted by atomic mass is 9.86. The molecular weight excluding hydrogens is 791 g/mol. The van der Waals surface area contributed by atoms with E-state index in [9.17, 15) is 18.0 Å². The number of urea groups is 1. The van der Waals surface area contributed by atoms with Crippen molar-refractivity contribution in [2.75, 3.05) is 76.8 Å². The minimum Gasteiger partial charge on any atom is -0.493 e. The van der Waals surface area contributed by atoms with Crippen molar-refractivity contribution in [3.8, 4) is 29.7 Å². The number of methoxy groups -OCH3 is 2. The first-order valence-corrected chi connectivity index (χ1v) is 20.3. The number of carbonyl (C=O) groups excluding carboxylic acids is 2. The number of rotatable bonds is 19. The highest BCUT2D eigenvalue weighted by molar-refractivity contribution is 7.89. The number of amides is 3. The molecule has 0 aliphatic rings. The highest BCUT2D eigenvalue weighted by atomic mass is 32.2. The molecule has 3 amide bonds. The maximum Gasteiger partial charge on any atom is 0.323 e. The zero-order valence-corrected chi connectivity index (χ0v) is 35.1. The molecule has 0 atom stereocenters. The van der Waals surface area contributed by atoms with Crippen LogP contribution in [-0.4, -0.2) is 91.2 Å². The van der Waals surface area contributed by atoms with Gasteiger partial charge in [-0.05, 0) is 60.5 Å². The van der Waals surface area contributed by atoms with E-state index in [0.717, 1.165) is 0 Å². The lowest BCUT2D eigenvalue weighted by Crippen LogP contribution is -2.27. The topological polar surface area (TPSA) is 200 Å². The van der Waals surface area contributed by atoms with Crippen molar-refractivity contribution >= 4 is 55.7 Å². The van der Waals surface area contributed by atoms with Gasteiger partial charge in [0.15, 0.2) is 5.75 Å². The van der Waals surface area contributed by atoms with Crippen molar-refractivity contribution in [2.45, 2.75) is 31.1 Å². The second kappa shape index (κ2) is 20.6. The number of terminal acetylenes is 1. The fraction of sp³-hybridized carbons (Fsp3) is 0.302. The number of sulfonamides is 1. The van der Waals surface area contributed by atoms with E-state index >= 15 is 0 Å². The molecule has 0 aliphatic heterocycles. The maximum absolute atomic E-state index is 13.5. The van der Waals surface area contributed by atoms with Crippen LogP contribution in [0.25, 0.3) is 10.8 Å². The molecule has 0 aliphatic carbocycles. The van der Waals surface area contributed by atoms with Crippen LogP contribution in [0.1, 0.15) is 42.3 Å². The smallest absolute Gasteiger partial charge is 0.323 e. The van der Waals surface area contributed by atoms with E-state index in [1.165, 1.54) is 26.4 Å². The van der Waals surface area contributed by atoms with Crippen LogP contribution in [-0.2, 0) is 29.6 Å². The molecule has 316 valence electrons. The Balaban J connectivity index is 1.29. The van der Waals surface area contributed by atoms with E-state index in [2.05, 4.69) is 41.9 Å². The zero-order valence-electron chi connectivity index (χ0n) is 34.3. The third-order valence-corrected chi connectivity index (χ3v) is 10.3. The van der Waals surface area contributed by atoms with Crippen LogP contribution in [0.5, 0.6) is 17.4 Å². The lowest BCUT2D eigenvalue weighted by Gasteiger charge is -2.23. The predicted molar refractivity (Wildman–Crippen MR) is 230 cm³/mol.